The highest BCUT2D eigenvalue weighted by atomic mass is 79.9. The first-order valence-corrected chi connectivity index (χ1v) is 7.27. The van der Waals surface area contributed by atoms with Gasteiger partial charge in [-0.1, -0.05) is 28.1 Å². The normalized spacial score (nSPS) is 20.3. The Balaban J connectivity index is 1.71. The monoisotopic (exact) mass is 312 g/mol. The maximum atomic E-state index is 5.46. The third kappa shape index (κ3) is 4.69. The van der Waals surface area contributed by atoms with Gasteiger partial charge in [0.05, 0.1) is 13.2 Å². The van der Waals surface area contributed by atoms with Crippen LogP contribution in [0.3, 0.4) is 0 Å². The summed E-state index contributed by atoms with van der Waals surface area (Å²) in [5, 5.41) is 3.49. The van der Waals surface area contributed by atoms with Crippen molar-refractivity contribution in [1.82, 2.24) is 10.2 Å². The van der Waals surface area contributed by atoms with Gasteiger partial charge in [0, 0.05) is 23.6 Å². The van der Waals surface area contributed by atoms with Crippen LogP contribution in [0.25, 0.3) is 0 Å². The lowest BCUT2D eigenvalue weighted by molar-refractivity contribution is 0.0708. The third-order valence-electron chi connectivity index (χ3n) is 3.22. The fraction of sp³-hybridized carbons (Fsp3) is 0.571. The fourth-order valence-electron chi connectivity index (χ4n) is 2.16. The van der Waals surface area contributed by atoms with E-state index in [0.29, 0.717) is 6.04 Å². The summed E-state index contributed by atoms with van der Waals surface area (Å²) in [6.07, 6.45) is 1.15. The van der Waals surface area contributed by atoms with Crippen LogP contribution >= 0.6 is 15.9 Å². The van der Waals surface area contributed by atoms with Crippen LogP contribution in [-0.4, -0.2) is 44.3 Å². The van der Waals surface area contributed by atoms with Crippen LogP contribution in [-0.2, 0) is 11.3 Å². The van der Waals surface area contributed by atoms with Crippen molar-refractivity contribution < 1.29 is 4.74 Å². The second-order valence-electron chi connectivity index (χ2n) is 4.88. The van der Waals surface area contributed by atoms with Gasteiger partial charge in [0.15, 0.2) is 0 Å². The minimum absolute atomic E-state index is 0.520. The van der Waals surface area contributed by atoms with Crippen molar-refractivity contribution in [2.24, 2.45) is 0 Å². The summed E-state index contributed by atoms with van der Waals surface area (Å²) in [7, 11) is 2.17. The molecule has 0 bridgehead atoms. The van der Waals surface area contributed by atoms with Crippen molar-refractivity contribution in [2.75, 3.05) is 33.4 Å². The zero-order valence-corrected chi connectivity index (χ0v) is 12.4. The van der Waals surface area contributed by atoms with Crippen molar-refractivity contribution in [3.05, 3.63) is 34.3 Å². The Kier molecular flexibility index (Phi) is 5.63. The van der Waals surface area contributed by atoms with Crippen LogP contribution in [0.2, 0.25) is 0 Å². The molecule has 100 valence electrons. The molecule has 1 atom stereocenters. The Morgan fingerprint density at radius 1 is 1.39 bits per heavy atom. The molecule has 1 N–H and O–H groups in total. The van der Waals surface area contributed by atoms with Gasteiger partial charge in [-0.2, -0.15) is 0 Å². The number of hydrogen-bond acceptors (Lipinski definition) is 3. The second-order valence-corrected chi connectivity index (χ2v) is 5.79. The lowest BCUT2D eigenvalue weighted by atomic mass is 10.1. The molecule has 1 fully saturated rings. The Hall–Kier alpha value is -0.420. The molecule has 1 aliphatic heterocycles. The predicted octanol–water partition coefficient (Wildman–Crippen LogP) is 2.26. The number of nitrogens with zero attached hydrogens (tertiary/aromatic N) is 1. The molecule has 0 radical (unpaired) electrons. The van der Waals surface area contributed by atoms with E-state index in [4.69, 9.17) is 4.74 Å². The highest BCUT2D eigenvalue weighted by molar-refractivity contribution is 9.10. The van der Waals surface area contributed by atoms with Crippen LogP contribution in [0.4, 0.5) is 0 Å². The highest BCUT2D eigenvalue weighted by Gasteiger charge is 2.13. The zero-order valence-electron chi connectivity index (χ0n) is 10.9. The van der Waals surface area contributed by atoms with E-state index < -0.39 is 0 Å². The predicted molar refractivity (Wildman–Crippen MR) is 77.7 cm³/mol. The largest absolute Gasteiger partial charge is 0.379 e. The molecule has 18 heavy (non-hydrogen) atoms. The van der Waals surface area contributed by atoms with E-state index >= 15 is 0 Å². The molecule has 1 unspecified atom stereocenters. The summed E-state index contributed by atoms with van der Waals surface area (Å²) >= 11 is 3.46. The quantitative estimate of drug-likeness (QED) is 0.902. The van der Waals surface area contributed by atoms with Crippen LogP contribution < -0.4 is 5.32 Å². The van der Waals surface area contributed by atoms with Crippen LogP contribution in [0, 0.1) is 0 Å². The van der Waals surface area contributed by atoms with E-state index in [2.05, 4.69) is 57.5 Å². The van der Waals surface area contributed by atoms with Gasteiger partial charge < -0.3 is 15.0 Å². The molecule has 1 heterocycles. The van der Waals surface area contributed by atoms with Crippen molar-refractivity contribution in [2.45, 2.75) is 19.0 Å². The number of hydrogen-bond donors (Lipinski definition) is 1. The maximum absolute atomic E-state index is 5.46. The molecule has 0 amide bonds. The van der Waals surface area contributed by atoms with Crippen LogP contribution in [0.5, 0.6) is 0 Å². The molecule has 0 aliphatic carbocycles. The van der Waals surface area contributed by atoms with Gasteiger partial charge in [-0.3, -0.25) is 0 Å². The first-order valence-electron chi connectivity index (χ1n) is 6.48. The van der Waals surface area contributed by atoms with Gasteiger partial charge in [0.1, 0.15) is 0 Å². The molecule has 3 nitrogen and oxygen atoms in total. The molecule has 0 aromatic heterocycles. The fourth-order valence-corrected chi connectivity index (χ4v) is 2.43. The summed E-state index contributed by atoms with van der Waals surface area (Å²) in [5.74, 6) is 0. The van der Waals surface area contributed by atoms with Crippen LogP contribution in [0.15, 0.2) is 28.7 Å². The second kappa shape index (κ2) is 7.24. The van der Waals surface area contributed by atoms with Gasteiger partial charge in [-0.25, -0.2) is 0 Å². The van der Waals surface area contributed by atoms with Gasteiger partial charge in [0.25, 0.3) is 0 Å². The molecular weight excluding hydrogens is 292 g/mol. The zero-order chi connectivity index (χ0) is 12.8. The van der Waals surface area contributed by atoms with E-state index in [1.54, 1.807) is 0 Å². The molecule has 2 rings (SSSR count). The number of benzene rings is 1. The third-order valence-corrected chi connectivity index (χ3v) is 3.75. The highest BCUT2D eigenvalue weighted by Crippen LogP contribution is 2.12. The Labute approximate surface area is 118 Å². The lowest BCUT2D eigenvalue weighted by Gasteiger charge is -2.26. The van der Waals surface area contributed by atoms with Crippen molar-refractivity contribution in [1.29, 1.82) is 0 Å². The molecule has 4 heteroatoms. The van der Waals surface area contributed by atoms with Gasteiger partial charge in [-0.15, -0.1) is 0 Å². The number of nitrogens with one attached hydrogen (secondary N) is 1. The summed E-state index contributed by atoms with van der Waals surface area (Å²) in [6, 6.07) is 9.05. The minimum atomic E-state index is 0.520. The SMILES string of the molecule is CN(CCC1COCCN1)Cc1ccc(Br)cc1. The van der Waals surface area contributed by atoms with E-state index in [-0.39, 0.29) is 0 Å². The standard InChI is InChI=1S/C14H21BrN2O/c1-17(8-6-14-11-18-9-7-16-14)10-12-2-4-13(15)5-3-12/h2-5,14,16H,6-11H2,1H3. The van der Waals surface area contributed by atoms with E-state index in [1.807, 2.05) is 0 Å². The van der Waals surface area contributed by atoms with E-state index in [0.717, 1.165) is 43.7 Å². The van der Waals surface area contributed by atoms with Crippen molar-refractivity contribution in [3.63, 3.8) is 0 Å². The molecule has 1 saturated heterocycles. The molecular formula is C14H21BrN2O. The molecule has 0 spiro atoms. The summed E-state index contributed by atoms with van der Waals surface area (Å²) < 4.78 is 6.60. The average Bonchev–Trinajstić information content (AvgIpc) is 2.40. The Morgan fingerprint density at radius 3 is 2.83 bits per heavy atom. The van der Waals surface area contributed by atoms with Crippen molar-refractivity contribution in [3.8, 4) is 0 Å². The Bertz CT molecular complexity index is 349. The van der Waals surface area contributed by atoms with E-state index in [9.17, 15) is 0 Å². The topological polar surface area (TPSA) is 24.5 Å². The summed E-state index contributed by atoms with van der Waals surface area (Å²) in [4.78, 5) is 2.36. The van der Waals surface area contributed by atoms with Gasteiger partial charge in [0.2, 0.25) is 0 Å². The molecule has 0 saturated carbocycles. The number of rotatable bonds is 5. The Morgan fingerprint density at radius 2 is 2.17 bits per heavy atom. The molecule has 1 aromatic carbocycles. The smallest absolute Gasteiger partial charge is 0.0620 e. The number of ether oxygens (including phenoxy) is 1. The first kappa shape index (κ1) is 14.0. The lowest BCUT2D eigenvalue weighted by Crippen LogP contribution is -2.42. The summed E-state index contributed by atoms with van der Waals surface area (Å²) in [5.41, 5.74) is 1.36. The molecule has 1 aromatic rings. The van der Waals surface area contributed by atoms with Crippen molar-refractivity contribution >= 4 is 15.9 Å². The van der Waals surface area contributed by atoms with Crippen LogP contribution in [0.1, 0.15) is 12.0 Å². The minimum Gasteiger partial charge on any atom is -0.379 e. The first-order chi connectivity index (χ1) is 8.74. The maximum Gasteiger partial charge on any atom is 0.0620 e. The van der Waals surface area contributed by atoms with Gasteiger partial charge in [-0.05, 0) is 37.7 Å². The average molecular weight is 313 g/mol. The summed E-state index contributed by atoms with van der Waals surface area (Å²) in [6.45, 7) is 4.79. The number of morpholine rings is 1. The van der Waals surface area contributed by atoms with Gasteiger partial charge >= 0.3 is 0 Å². The molecule has 1 aliphatic rings. The number of halogens is 1. The van der Waals surface area contributed by atoms with E-state index in [1.165, 1.54) is 5.56 Å².